The van der Waals surface area contributed by atoms with Crippen LogP contribution in [0.5, 0.6) is 5.75 Å². The van der Waals surface area contributed by atoms with Crippen molar-refractivity contribution in [2.45, 2.75) is 25.8 Å². The van der Waals surface area contributed by atoms with Crippen LogP contribution in [-0.2, 0) is 16.1 Å². The minimum atomic E-state index is -0.366. The number of benzene rings is 2. The fraction of sp³-hybridized carbons (Fsp3) is 0.348. The van der Waals surface area contributed by atoms with Gasteiger partial charge in [0.05, 0.1) is 6.54 Å². The highest BCUT2D eigenvalue weighted by Crippen LogP contribution is 2.14. The molecular weight excluding hydrogens is 382 g/mol. The summed E-state index contributed by atoms with van der Waals surface area (Å²) >= 11 is 0. The summed E-state index contributed by atoms with van der Waals surface area (Å²) in [5.41, 5.74) is 1.55. The summed E-state index contributed by atoms with van der Waals surface area (Å²) in [4.78, 5) is 38.1. The van der Waals surface area contributed by atoms with Gasteiger partial charge < -0.3 is 20.3 Å². The summed E-state index contributed by atoms with van der Waals surface area (Å²) in [6.45, 7) is 1.69. The molecule has 1 aliphatic rings. The molecule has 1 aliphatic heterocycles. The Hall–Kier alpha value is -3.35. The van der Waals surface area contributed by atoms with Gasteiger partial charge in [-0.3, -0.25) is 14.4 Å². The normalized spacial score (nSPS) is 13.4. The molecule has 2 aromatic rings. The molecule has 3 amide bonds. The van der Waals surface area contributed by atoms with Gasteiger partial charge in [0.2, 0.25) is 5.91 Å². The standard InChI is InChI=1S/C23H27N3O4/c27-21(16-25-22(28)17-30-20-7-3-1-4-8-20)24-15-18-9-11-19(12-10-18)23(29)26-13-5-2-6-14-26/h1,3-4,7-12H,2,5-6,13-17H2,(H,24,27)(H,25,28). The second-order valence-corrected chi connectivity index (χ2v) is 7.20. The van der Waals surface area contributed by atoms with Crippen molar-refractivity contribution in [2.24, 2.45) is 0 Å². The molecule has 158 valence electrons. The average molecular weight is 409 g/mol. The summed E-state index contributed by atoms with van der Waals surface area (Å²) < 4.78 is 5.33. The van der Waals surface area contributed by atoms with Crippen LogP contribution in [0.3, 0.4) is 0 Å². The smallest absolute Gasteiger partial charge is 0.258 e. The zero-order chi connectivity index (χ0) is 21.2. The molecule has 0 bridgehead atoms. The third kappa shape index (κ3) is 6.62. The van der Waals surface area contributed by atoms with Crippen LogP contribution in [0.2, 0.25) is 0 Å². The molecule has 3 rings (SSSR count). The van der Waals surface area contributed by atoms with E-state index in [0.29, 0.717) is 17.9 Å². The molecule has 0 aliphatic carbocycles. The first kappa shape index (κ1) is 21.4. The number of amides is 3. The molecule has 7 heteroatoms. The summed E-state index contributed by atoms with van der Waals surface area (Å²) in [5.74, 6) is -0.00357. The monoisotopic (exact) mass is 409 g/mol. The number of hydrogen-bond acceptors (Lipinski definition) is 4. The Morgan fingerprint density at radius 3 is 2.23 bits per heavy atom. The lowest BCUT2D eigenvalue weighted by Gasteiger charge is -2.26. The Balaban J connectivity index is 1.36. The molecule has 0 atom stereocenters. The van der Waals surface area contributed by atoms with Crippen molar-refractivity contribution in [1.82, 2.24) is 15.5 Å². The van der Waals surface area contributed by atoms with E-state index in [4.69, 9.17) is 4.74 Å². The van der Waals surface area contributed by atoms with Gasteiger partial charge in [-0.15, -0.1) is 0 Å². The van der Waals surface area contributed by atoms with E-state index in [9.17, 15) is 14.4 Å². The first-order valence-corrected chi connectivity index (χ1v) is 10.2. The van der Waals surface area contributed by atoms with E-state index in [1.54, 1.807) is 24.3 Å². The van der Waals surface area contributed by atoms with Gasteiger partial charge >= 0.3 is 0 Å². The largest absolute Gasteiger partial charge is 0.484 e. The second kappa shape index (κ2) is 11.0. The second-order valence-electron chi connectivity index (χ2n) is 7.20. The summed E-state index contributed by atoms with van der Waals surface area (Å²) in [7, 11) is 0. The topological polar surface area (TPSA) is 87.7 Å². The maximum Gasteiger partial charge on any atom is 0.258 e. The number of carbonyl (C=O) groups excluding carboxylic acids is 3. The van der Waals surface area contributed by atoms with Crippen molar-refractivity contribution >= 4 is 17.7 Å². The molecule has 7 nitrogen and oxygen atoms in total. The number of likely N-dealkylation sites (tertiary alicyclic amines) is 1. The molecule has 2 aromatic carbocycles. The lowest BCUT2D eigenvalue weighted by Crippen LogP contribution is -2.38. The molecule has 0 unspecified atom stereocenters. The maximum absolute atomic E-state index is 12.5. The van der Waals surface area contributed by atoms with Gasteiger partial charge in [-0.05, 0) is 49.1 Å². The van der Waals surface area contributed by atoms with Crippen LogP contribution in [0.1, 0.15) is 35.2 Å². The molecule has 0 aromatic heterocycles. The highest BCUT2D eigenvalue weighted by Gasteiger charge is 2.17. The lowest BCUT2D eigenvalue weighted by atomic mass is 10.1. The third-order valence-corrected chi connectivity index (χ3v) is 4.89. The summed E-state index contributed by atoms with van der Waals surface area (Å²) in [5, 5.41) is 5.27. The van der Waals surface area contributed by atoms with Gasteiger partial charge in [0.25, 0.3) is 11.8 Å². The van der Waals surface area contributed by atoms with Crippen molar-refractivity contribution in [3.05, 3.63) is 65.7 Å². The van der Waals surface area contributed by atoms with Crippen LogP contribution in [0.15, 0.2) is 54.6 Å². The molecule has 0 spiro atoms. The van der Waals surface area contributed by atoms with Gasteiger partial charge in [-0.2, -0.15) is 0 Å². The van der Waals surface area contributed by atoms with Crippen LogP contribution in [0.25, 0.3) is 0 Å². The Morgan fingerprint density at radius 2 is 1.53 bits per heavy atom. The molecule has 2 N–H and O–H groups in total. The van der Waals surface area contributed by atoms with Crippen molar-refractivity contribution in [2.75, 3.05) is 26.2 Å². The van der Waals surface area contributed by atoms with E-state index < -0.39 is 0 Å². The van der Waals surface area contributed by atoms with Crippen molar-refractivity contribution in [1.29, 1.82) is 0 Å². The number of nitrogens with zero attached hydrogens (tertiary/aromatic N) is 1. The molecule has 1 heterocycles. The van der Waals surface area contributed by atoms with Crippen LogP contribution >= 0.6 is 0 Å². The van der Waals surface area contributed by atoms with Crippen molar-refractivity contribution in [3.63, 3.8) is 0 Å². The quantitative estimate of drug-likeness (QED) is 0.699. The summed E-state index contributed by atoms with van der Waals surface area (Å²) in [6, 6.07) is 16.3. The number of ether oxygens (including phenoxy) is 1. The number of nitrogens with one attached hydrogen (secondary N) is 2. The summed E-state index contributed by atoms with van der Waals surface area (Å²) in [6.07, 6.45) is 3.30. The minimum absolute atomic E-state index is 0.0609. The number of rotatable bonds is 8. The fourth-order valence-corrected chi connectivity index (χ4v) is 3.20. The van der Waals surface area contributed by atoms with E-state index in [-0.39, 0.29) is 30.9 Å². The molecule has 1 saturated heterocycles. The number of para-hydroxylation sites is 1. The van der Waals surface area contributed by atoms with Crippen LogP contribution in [0.4, 0.5) is 0 Å². The van der Waals surface area contributed by atoms with Gasteiger partial charge in [0, 0.05) is 25.2 Å². The van der Waals surface area contributed by atoms with Gasteiger partial charge in [-0.25, -0.2) is 0 Å². The Morgan fingerprint density at radius 1 is 0.833 bits per heavy atom. The van der Waals surface area contributed by atoms with E-state index in [0.717, 1.165) is 31.5 Å². The van der Waals surface area contributed by atoms with Crippen molar-refractivity contribution in [3.8, 4) is 5.75 Å². The zero-order valence-corrected chi connectivity index (χ0v) is 16.9. The van der Waals surface area contributed by atoms with Crippen LogP contribution in [-0.4, -0.2) is 48.9 Å². The predicted octanol–water partition coefficient (Wildman–Crippen LogP) is 2.12. The first-order valence-electron chi connectivity index (χ1n) is 10.2. The minimum Gasteiger partial charge on any atom is -0.484 e. The Labute approximate surface area is 176 Å². The Bertz CT molecular complexity index is 847. The Kier molecular flexibility index (Phi) is 7.83. The highest BCUT2D eigenvalue weighted by atomic mass is 16.5. The fourth-order valence-electron chi connectivity index (χ4n) is 3.20. The molecule has 0 radical (unpaired) electrons. The van der Waals surface area contributed by atoms with E-state index >= 15 is 0 Å². The number of carbonyl (C=O) groups is 3. The molecule has 0 saturated carbocycles. The number of piperidine rings is 1. The predicted molar refractivity (Wildman–Crippen MR) is 113 cm³/mol. The third-order valence-electron chi connectivity index (χ3n) is 4.89. The maximum atomic E-state index is 12.5. The van der Waals surface area contributed by atoms with Crippen LogP contribution < -0.4 is 15.4 Å². The van der Waals surface area contributed by atoms with E-state index in [1.807, 2.05) is 35.2 Å². The highest BCUT2D eigenvalue weighted by molar-refractivity contribution is 5.94. The van der Waals surface area contributed by atoms with Gasteiger partial charge in [-0.1, -0.05) is 30.3 Å². The van der Waals surface area contributed by atoms with Crippen LogP contribution in [0, 0.1) is 0 Å². The zero-order valence-electron chi connectivity index (χ0n) is 16.9. The first-order chi connectivity index (χ1) is 14.6. The van der Waals surface area contributed by atoms with Gasteiger partial charge in [0.15, 0.2) is 6.61 Å². The van der Waals surface area contributed by atoms with E-state index in [1.165, 1.54) is 6.42 Å². The lowest BCUT2D eigenvalue weighted by molar-refractivity contribution is -0.127. The van der Waals surface area contributed by atoms with Gasteiger partial charge in [0.1, 0.15) is 5.75 Å². The SMILES string of the molecule is O=C(CNC(=O)COc1ccccc1)NCc1ccc(C(=O)N2CCCCC2)cc1. The molecular formula is C23H27N3O4. The van der Waals surface area contributed by atoms with E-state index in [2.05, 4.69) is 10.6 Å². The molecule has 30 heavy (non-hydrogen) atoms. The average Bonchev–Trinajstić information content (AvgIpc) is 2.81. The van der Waals surface area contributed by atoms with Crippen molar-refractivity contribution < 1.29 is 19.1 Å². The molecule has 1 fully saturated rings. The number of hydrogen-bond donors (Lipinski definition) is 2.